The number of carboxylic acid groups (broad SMARTS) is 1. The first-order chi connectivity index (χ1) is 9.64. The Hall–Kier alpha value is -1.06. The van der Waals surface area contributed by atoms with Crippen LogP contribution in [0.3, 0.4) is 0 Å². The number of hydrogen-bond acceptors (Lipinski definition) is 2. The molecule has 0 aliphatic rings. The van der Waals surface area contributed by atoms with Gasteiger partial charge in [-0.25, -0.2) is 0 Å². The molecule has 0 aliphatic heterocycles. The van der Waals surface area contributed by atoms with Gasteiger partial charge < -0.3 is 10.4 Å². The van der Waals surface area contributed by atoms with Crippen molar-refractivity contribution in [3.8, 4) is 0 Å². The largest absolute Gasteiger partial charge is 0.481 e. The van der Waals surface area contributed by atoms with E-state index in [0.717, 1.165) is 19.3 Å². The van der Waals surface area contributed by atoms with E-state index in [4.69, 9.17) is 5.11 Å². The van der Waals surface area contributed by atoms with Crippen LogP contribution in [0.1, 0.15) is 73.1 Å². The number of hydrogen-bond donors (Lipinski definition) is 2. The zero-order valence-corrected chi connectivity index (χ0v) is 14.4. The first-order valence-corrected chi connectivity index (χ1v) is 8.12. The average molecular weight is 299 g/mol. The van der Waals surface area contributed by atoms with Gasteiger partial charge in [0.1, 0.15) is 0 Å². The van der Waals surface area contributed by atoms with Crippen LogP contribution in [0.15, 0.2) is 0 Å². The van der Waals surface area contributed by atoms with Crippen LogP contribution >= 0.6 is 0 Å². The highest BCUT2D eigenvalue weighted by Gasteiger charge is 2.17. The second-order valence-electron chi connectivity index (χ2n) is 7.42. The maximum Gasteiger partial charge on any atom is 0.303 e. The second kappa shape index (κ2) is 9.80. The Kier molecular flexibility index (Phi) is 9.31. The Labute approximate surface area is 129 Å². The van der Waals surface area contributed by atoms with Crippen LogP contribution < -0.4 is 5.32 Å². The quantitative estimate of drug-likeness (QED) is 0.644. The van der Waals surface area contributed by atoms with Gasteiger partial charge in [0, 0.05) is 19.4 Å². The molecule has 0 saturated heterocycles. The highest BCUT2D eigenvalue weighted by atomic mass is 16.4. The topological polar surface area (TPSA) is 66.4 Å². The summed E-state index contributed by atoms with van der Waals surface area (Å²) in [7, 11) is 0. The van der Waals surface area contributed by atoms with Gasteiger partial charge in [-0.1, -0.05) is 41.0 Å². The Morgan fingerprint density at radius 3 is 2.29 bits per heavy atom. The summed E-state index contributed by atoms with van der Waals surface area (Å²) in [6.07, 6.45) is 4.35. The van der Waals surface area contributed by atoms with Crippen LogP contribution in [0.4, 0.5) is 0 Å². The first-order valence-electron chi connectivity index (χ1n) is 8.12. The van der Waals surface area contributed by atoms with Crippen molar-refractivity contribution < 1.29 is 14.7 Å². The van der Waals surface area contributed by atoms with Crippen molar-refractivity contribution in [2.75, 3.05) is 6.54 Å². The van der Waals surface area contributed by atoms with E-state index in [2.05, 4.69) is 39.9 Å². The Balaban J connectivity index is 3.89. The van der Waals surface area contributed by atoms with Crippen molar-refractivity contribution in [1.82, 2.24) is 5.32 Å². The van der Waals surface area contributed by atoms with E-state index in [1.54, 1.807) is 0 Å². The van der Waals surface area contributed by atoms with Crippen molar-refractivity contribution in [2.24, 2.45) is 17.3 Å². The number of carbonyl (C=O) groups excluding carboxylic acids is 1. The summed E-state index contributed by atoms with van der Waals surface area (Å²) in [5.74, 6) is 0.140. The number of aliphatic carboxylic acids is 1. The average Bonchev–Trinajstić information content (AvgIpc) is 2.30. The van der Waals surface area contributed by atoms with E-state index in [-0.39, 0.29) is 17.7 Å². The third-order valence-corrected chi connectivity index (χ3v) is 3.71. The van der Waals surface area contributed by atoms with Crippen LogP contribution in [-0.2, 0) is 9.59 Å². The van der Waals surface area contributed by atoms with Gasteiger partial charge in [-0.05, 0) is 36.5 Å². The normalized spacial score (nSPS) is 14.5. The third-order valence-electron chi connectivity index (χ3n) is 3.71. The van der Waals surface area contributed by atoms with E-state index in [9.17, 15) is 9.59 Å². The van der Waals surface area contributed by atoms with Gasteiger partial charge in [0.25, 0.3) is 0 Å². The van der Waals surface area contributed by atoms with E-state index < -0.39 is 5.97 Å². The predicted molar refractivity (Wildman–Crippen MR) is 86.1 cm³/mol. The molecule has 4 heteroatoms. The summed E-state index contributed by atoms with van der Waals surface area (Å²) in [5, 5.41) is 11.7. The molecule has 0 aromatic heterocycles. The fourth-order valence-electron chi connectivity index (χ4n) is 2.80. The number of rotatable bonds is 10. The zero-order valence-electron chi connectivity index (χ0n) is 14.4. The van der Waals surface area contributed by atoms with Crippen LogP contribution in [0.5, 0.6) is 0 Å². The number of nitrogens with one attached hydrogen (secondary N) is 1. The van der Waals surface area contributed by atoms with E-state index >= 15 is 0 Å². The minimum atomic E-state index is -0.742. The summed E-state index contributed by atoms with van der Waals surface area (Å²) >= 11 is 0. The van der Waals surface area contributed by atoms with Crippen LogP contribution in [0, 0.1) is 17.3 Å². The molecule has 0 radical (unpaired) electrons. The summed E-state index contributed by atoms with van der Waals surface area (Å²) in [5.41, 5.74) is 0.254. The van der Waals surface area contributed by atoms with Gasteiger partial charge >= 0.3 is 5.97 Å². The molecule has 2 N–H and O–H groups in total. The lowest BCUT2D eigenvalue weighted by Crippen LogP contribution is -2.28. The molecular formula is C17H33NO3. The molecule has 2 atom stereocenters. The molecule has 0 aromatic carbocycles. The number of carbonyl (C=O) groups is 2. The standard InChI is InChI=1S/C17H33NO3/c1-6-14(7-8-16(20)21)9-10-18-15(19)11-13(2)12-17(3,4)5/h13-14H,6-12H2,1-5H3,(H,18,19)(H,20,21). The first kappa shape index (κ1) is 19.9. The molecule has 0 saturated carbocycles. The van der Waals surface area contributed by atoms with E-state index in [1.807, 2.05) is 0 Å². The molecule has 124 valence electrons. The smallest absolute Gasteiger partial charge is 0.303 e. The maximum atomic E-state index is 11.9. The van der Waals surface area contributed by atoms with Crippen LogP contribution in [0.25, 0.3) is 0 Å². The summed E-state index contributed by atoms with van der Waals surface area (Å²) in [6.45, 7) is 11.4. The fourth-order valence-corrected chi connectivity index (χ4v) is 2.80. The lowest BCUT2D eigenvalue weighted by atomic mass is 9.84. The van der Waals surface area contributed by atoms with Gasteiger partial charge in [-0.3, -0.25) is 9.59 Å². The molecule has 0 spiro atoms. The fraction of sp³-hybridized carbons (Fsp3) is 0.882. The monoisotopic (exact) mass is 299 g/mol. The van der Waals surface area contributed by atoms with E-state index in [1.165, 1.54) is 0 Å². The summed E-state index contributed by atoms with van der Waals surface area (Å²) < 4.78 is 0. The lowest BCUT2D eigenvalue weighted by molar-refractivity contribution is -0.137. The minimum absolute atomic E-state index is 0.111. The van der Waals surface area contributed by atoms with Crippen molar-refractivity contribution in [2.45, 2.75) is 73.1 Å². The van der Waals surface area contributed by atoms with Gasteiger partial charge in [-0.15, -0.1) is 0 Å². The molecule has 0 aliphatic carbocycles. The van der Waals surface area contributed by atoms with Gasteiger partial charge in [0.05, 0.1) is 0 Å². The Morgan fingerprint density at radius 1 is 1.19 bits per heavy atom. The van der Waals surface area contributed by atoms with Gasteiger partial charge in [0.15, 0.2) is 0 Å². The summed E-state index contributed by atoms with van der Waals surface area (Å²) in [4.78, 5) is 22.4. The molecule has 21 heavy (non-hydrogen) atoms. The number of carboxylic acids is 1. The molecule has 4 nitrogen and oxygen atoms in total. The highest BCUT2D eigenvalue weighted by Crippen LogP contribution is 2.25. The predicted octanol–water partition coefficient (Wildman–Crippen LogP) is 3.85. The van der Waals surface area contributed by atoms with E-state index in [0.29, 0.717) is 31.2 Å². The minimum Gasteiger partial charge on any atom is -0.481 e. The molecule has 0 bridgehead atoms. The third kappa shape index (κ3) is 12.4. The van der Waals surface area contributed by atoms with Crippen molar-refractivity contribution in [3.05, 3.63) is 0 Å². The molecule has 0 heterocycles. The Bertz CT molecular complexity index is 320. The van der Waals surface area contributed by atoms with Crippen LogP contribution in [0.2, 0.25) is 0 Å². The zero-order chi connectivity index (χ0) is 16.5. The van der Waals surface area contributed by atoms with Gasteiger partial charge in [0.2, 0.25) is 5.91 Å². The highest BCUT2D eigenvalue weighted by molar-refractivity contribution is 5.76. The molecular weight excluding hydrogens is 266 g/mol. The van der Waals surface area contributed by atoms with Crippen molar-refractivity contribution in [3.63, 3.8) is 0 Å². The maximum absolute atomic E-state index is 11.9. The summed E-state index contributed by atoms with van der Waals surface area (Å²) in [6, 6.07) is 0. The molecule has 2 unspecified atom stereocenters. The van der Waals surface area contributed by atoms with Crippen molar-refractivity contribution >= 4 is 11.9 Å². The molecule has 0 fully saturated rings. The molecule has 0 aromatic rings. The number of amides is 1. The Morgan fingerprint density at radius 2 is 1.81 bits per heavy atom. The van der Waals surface area contributed by atoms with Crippen LogP contribution in [-0.4, -0.2) is 23.5 Å². The lowest BCUT2D eigenvalue weighted by Gasteiger charge is -2.23. The molecule has 0 rings (SSSR count). The van der Waals surface area contributed by atoms with Crippen molar-refractivity contribution in [1.29, 1.82) is 0 Å². The van der Waals surface area contributed by atoms with Gasteiger partial charge in [-0.2, -0.15) is 0 Å². The molecule has 1 amide bonds. The SMILES string of the molecule is CCC(CCNC(=O)CC(C)CC(C)(C)C)CCC(=O)O. The second-order valence-corrected chi connectivity index (χ2v) is 7.42.